The maximum absolute atomic E-state index is 9.52. The van der Waals surface area contributed by atoms with E-state index >= 15 is 0 Å². The van der Waals surface area contributed by atoms with Crippen LogP contribution in [0.5, 0.6) is 5.75 Å². The van der Waals surface area contributed by atoms with Gasteiger partial charge in [-0.1, -0.05) is 18.2 Å². The van der Waals surface area contributed by atoms with Gasteiger partial charge in [-0.05, 0) is 23.3 Å². The van der Waals surface area contributed by atoms with E-state index in [1.807, 2.05) is 24.3 Å². The van der Waals surface area contributed by atoms with Gasteiger partial charge in [-0.25, -0.2) is 0 Å². The molecule has 1 aliphatic rings. The van der Waals surface area contributed by atoms with Gasteiger partial charge >= 0.3 is 0 Å². The molecular formula is C13H13N5O. The van der Waals surface area contributed by atoms with Crippen LogP contribution in [0.2, 0.25) is 0 Å². The fourth-order valence-corrected chi connectivity index (χ4v) is 2.34. The number of nitriles is 1. The summed E-state index contributed by atoms with van der Waals surface area (Å²) >= 11 is 0. The summed E-state index contributed by atoms with van der Waals surface area (Å²) in [6, 6.07) is 10.2. The third-order valence-corrected chi connectivity index (χ3v) is 3.29. The monoisotopic (exact) mass is 255 g/mol. The average molecular weight is 255 g/mol. The highest BCUT2D eigenvalue weighted by Gasteiger charge is 2.37. The van der Waals surface area contributed by atoms with E-state index in [0.29, 0.717) is 25.3 Å². The molecule has 1 aromatic carbocycles. The van der Waals surface area contributed by atoms with E-state index in [2.05, 4.69) is 21.5 Å². The van der Waals surface area contributed by atoms with Crippen LogP contribution < -0.4 is 4.74 Å². The Hall–Kier alpha value is -2.42. The quantitative estimate of drug-likeness (QED) is 0.796. The summed E-state index contributed by atoms with van der Waals surface area (Å²) in [5.74, 6) is 1.44. The molecule has 96 valence electrons. The lowest BCUT2D eigenvalue weighted by Gasteiger charge is -2.31. The van der Waals surface area contributed by atoms with Crippen molar-refractivity contribution >= 4 is 0 Å². The summed E-state index contributed by atoms with van der Waals surface area (Å²) in [7, 11) is 1.71. The van der Waals surface area contributed by atoms with Crippen LogP contribution in [0.25, 0.3) is 0 Å². The van der Waals surface area contributed by atoms with E-state index in [9.17, 15) is 5.26 Å². The lowest BCUT2D eigenvalue weighted by atomic mass is 9.79. The highest BCUT2D eigenvalue weighted by molar-refractivity contribution is 5.37. The van der Waals surface area contributed by atoms with Crippen LogP contribution in [0.4, 0.5) is 0 Å². The number of aryl methyl sites for hydroxylation is 1. The zero-order valence-electron chi connectivity index (χ0n) is 10.6. The second kappa shape index (κ2) is 4.35. The molecule has 1 atom stereocenters. The lowest BCUT2D eigenvalue weighted by molar-refractivity contribution is 0.167. The maximum Gasteiger partial charge on any atom is 0.176 e. The summed E-state index contributed by atoms with van der Waals surface area (Å²) in [6.07, 6.45) is 1.10. The molecule has 0 N–H and O–H groups in total. The van der Waals surface area contributed by atoms with Gasteiger partial charge in [-0.2, -0.15) is 10.1 Å². The van der Waals surface area contributed by atoms with Crippen LogP contribution in [0.15, 0.2) is 24.3 Å². The average Bonchev–Trinajstić information content (AvgIpc) is 2.84. The van der Waals surface area contributed by atoms with Gasteiger partial charge in [0.15, 0.2) is 5.82 Å². The molecule has 3 rings (SSSR count). The minimum absolute atomic E-state index is 0.360. The zero-order valence-corrected chi connectivity index (χ0v) is 10.6. The molecule has 19 heavy (non-hydrogen) atoms. The van der Waals surface area contributed by atoms with Crippen LogP contribution in [-0.4, -0.2) is 26.8 Å². The van der Waals surface area contributed by atoms with E-state index in [1.54, 1.807) is 7.05 Å². The van der Waals surface area contributed by atoms with Gasteiger partial charge < -0.3 is 4.74 Å². The first-order valence-corrected chi connectivity index (χ1v) is 6.06. The fraction of sp³-hybridized carbons (Fsp3) is 0.385. The summed E-state index contributed by atoms with van der Waals surface area (Å²) in [5.41, 5.74) is 0.441. The highest BCUT2D eigenvalue weighted by atomic mass is 16.5. The van der Waals surface area contributed by atoms with Crippen molar-refractivity contribution < 1.29 is 4.74 Å². The molecule has 0 saturated carbocycles. The number of nitrogens with zero attached hydrogens (tertiary/aromatic N) is 5. The van der Waals surface area contributed by atoms with Gasteiger partial charge in [0, 0.05) is 6.42 Å². The second-order valence-electron chi connectivity index (χ2n) is 4.84. The van der Waals surface area contributed by atoms with Crippen molar-refractivity contribution in [3.05, 3.63) is 35.7 Å². The second-order valence-corrected chi connectivity index (χ2v) is 4.84. The Bertz CT molecular complexity index is 644. The van der Waals surface area contributed by atoms with E-state index in [-0.39, 0.29) is 0 Å². The Morgan fingerprint density at radius 3 is 3.05 bits per heavy atom. The molecule has 0 amide bonds. The Kier molecular flexibility index (Phi) is 2.67. The summed E-state index contributed by atoms with van der Waals surface area (Å²) in [5, 5.41) is 21.4. The van der Waals surface area contributed by atoms with Gasteiger partial charge in [0.1, 0.15) is 17.8 Å². The van der Waals surface area contributed by atoms with Crippen molar-refractivity contribution in [1.82, 2.24) is 20.2 Å². The van der Waals surface area contributed by atoms with Gasteiger partial charge in [-0.3, -0.25) is 0 Å². The van der Waals surface area contributed by atoms with Crippen molar-refractivity contribution in [3.8, 4) is 11.8 Å². The predicted molar refractivity (Wildman–Crippen MR) is 66.2 cm³/mol. The normalized spacial score (nSPS) is 21.3. The standard InChI is InChI=1S/C13H13N5O/c1-18-16-12(15-17-18)7-13(8-14)6-10-4-2-3-5-11(10)19-9-13/h2-5H,6-7,9H2,1H3. The van der Waals surface area contributed by atoms with E-state index < -0.39 is 5.41 Å². The first-order chi connectivity index (χ1) is 9.21. The number of hydrogen-bond acceptors (Lipinski definition) is 5. The number of rotatable bonds is 2. The Balaban J connectivity index is 1.88. The van der Waals surface area contributed by atoms with Crippen molar-refractivity contribution in [1.29, 1.82) is 5.26 Å². The first kappa shape index (κ1) is 11.7. The molecule has 0 saturated heterocycles. The first-order valence-electron chi connectivity index (χ1n) is 6.06. The number of fused-ring (bicyclic) bond motifs is 1. The van der Waals surface area contributed by atoms with Crippen LogP contribution in [-0.2, 0) is 19.9 Å². The molecule has 1 aliphatic heterocycles. The number of ether oxygens (including phenoxy) is 1. The maximum atomic E-state index is 9.52. The third kappa shape index (κ3) is 2.15. The molecular weight excluding hydrogens is 242 g/mol. The Labute approximate surface area is 110 Å². The summed E-state index contributed by atoms with van der Waals surface area (Å²) in [4.78, 5) is 1.40. The zero-order chi connectivity index (χ0) is 13.3. The number of tetrazole rings is 1. The molecule has 0 radical (unpaired) electrons. The van der Waals surface area contributed by atoms with E-state index in [4.69, 9.17) is 4.74 Å². The van der Waals surface area contributed by atoms with Crippen LogP contribution in [0.1, 0.15) is 11.4 Å². The van der Waals surface area contributed by atoms with Crippen LogP contribution in [0.3, 0.4) is 0 Å². The van der Waals surface area contributed by atoms with Crippen molar-refractivity contribution in [3.63, 3.8) is 0 Å². The van der Waals surface area contributed by atoms with E-state index in [0.717, 1.165) is 11.3 Å². The topological polar surface area (TPSA) is 76.6 Å². The highest BCUT2D eigenvalue weighted by Crippen LogP contribution is 2.35. The molecule has 1 aromatic heterocycles. The SMILES string of the molecule is Cn1nnc(CC2(C#N)COc3ccccc3C2)n1. The molecule has 2 heterocycles. The van der Waals surface area contributed by atoms with Crippen molar-refractivity contribution in [2.24, 2.45) is 12.5 Å². The van der Waals surface area contributed by atoms with Gasteiger partial charge in [-0.15, -0.1) is 10.2 Å². The van der Waals surface area contributed by atoms with Gasteiger partial charge in [0.2, 0.25) is 0 Å². The number of benzene rings is 1. The molecule has 0 spiro atoms. The smallest absolute Gasteiger partial charge is 0.176 e. The van der Waals surface area contributed by atoms with Crippen molar-refractivity contribution in [2.45, 2.75) is 12.8 Å². The molecule has 0 fully saturated rings. The molecule has 6 nitrogen and oxygen atoms in total. The third-order valence-electron chi connectivity index (χ3n) is 3.29. The van der Waals surface area contributed by atoms with Gasteiger partial charge in [0.05, 0.1) is 13.1 Å². The number of aromatic nitrogens is 4. The van der Waals surface area contributed by atoms with Crippen molar-refractivity contribution in [2.75, 3.05) is 6.61 Å². The minimum atomic E-state index is -0.614. The lowest BCUT2D eigenvalue weighted by Crippen LogP contribution is -2.36. The molecule has 0 bridgehead atoms. The fourth-order valence-electron chi connectivity index (χ4n) is 2.34. The van der Waals surface area contributed by atoms with Crippen LogP contribution in [0, 0.1) is 16.7 Å². The summed E-state index contributed by atoms with van der Waals surface area (Å²) < 4.78 is 5.70. The molecule has 0 aliphatic carbocycles. The predicted octanol–water partition coefficient (Wildman–Crippen LogP) is 0.898. The Morgan fingerprint density at radius 1 is 1.47 bits per heavy atom. The number of hydrogen-bond donors (Lipinski definition) is 0. The number of para-hydroxylation sites is 1. The Morgan fingerprint density at radius 2 is 2.32 bits per heavy atom. The summed E-state index contributed by atoms with van der Waals surface area (Å²) in [6.45, 7) is 0.360. The molecule has 2 aromatic rings. The molecule has 1 unspecified atom stereocenters. The van der Waals surface area contributed by atoms with Crippen LogP contribution >= 0.6 is 0 Å². The van der Waals surface area contributed by atoms with Gasteiger partial charge in [0.25, 0.3) is 0 Å². The largest absolute Gasteiger partial charge is 0.492 e. The molecule has 6 heteroatoms. The van der Waals surface area contributed by atoms with E-state index in [1.165, 1.54) is 4.80 Å². The minimum Gasteiger partial charge on any atom is -0.492 e.